The number of methoxy groups -OCH3 is 2. The molecule has 0 aliphatic carbocycles. The number of fused-ring (bicyclic) bond motifs is 1. The molecule has 0 aromatic heterocycles. The van der Waals surface area contributed by atoms with Crippen molar-refractivity contribution in [1.82, 2.24) is 9.21 Å². The van der Waals surface area contributed by atoms with Crippen molar-refractivity contribution in [1.29, 1.82) is 0 Å². The van der Waals surface area contributed by atoms with Crippen LogP contribution in [0.15, 0.2) is 23.1 Å². The molecule has 1 atom stereocenters. The molecule has 122 valence electrons. The van der Waals surface area contributed by atoms with Gasteiger partial charge in [0.1, 0.15) is 16.4 Å². The van der Waals surface area contributed by atoms with Gasteiger partial charge in [-0.15, -0.1) is 0 Å². The fourth-order valence-electron chi connectivity index (χ4n) is 3.31. The zero-order chi connectivity index (χ0) is 15.7. The van der Waals surface area contributed by atoms with Crippen LogP contribution >= 0.6 is 0 Å². The lowest BCUT2D eigenvalue weighted by Crippen LogP contribution is -2.51. The van der Waals surface area contributed by atoms with Crippen LogP contribution < -0.4 is 9.47 Å². The smallest absolute Gasteiger partial charge is 0.246 e. The van der Waals surface area contributed by atoms with Gasteiger partial charge in [-0.2, -0.15) is 4.31 Å². The summed E-state index contributed by atoms with van der Waals surface area (Å²) in [5, 5.41) is 0. The van der Waals surface area contributed by atoms with Crippen molar-refractivity contribution in [2.75, 3.05) is 40.4 Å². The minimum absolute atomic E-state index is 0.210. The average molecular weight is 326 g/mol. The first-order valence-corrected chi connectivity index (χ1v) is 8.96. The van der Waals surface area contributed by atoms with Crippen LogP contribution in [0.4, 0.5) is 0 Å². The van der Waals surface area contributed by atoms with Gasteiger partial charge in [0, 0.05) is 31.7 Å². The van der Waals surface area contributed by atoms with Crippen LogP contribution in [-0.4, -0.2) is 64.1 Å². The zero-order valence-electron chi connectivity index (χ0n) is 13.0. The average Bonchev–Trinajstić information content (AvgIpc) is 3.01. The number of sulfonamides is 1. The van der Waals surface area contributed by atoms with E-state index in [0.717, 1.165) is 25.9 Å². The van der Waals surface area contributed by atoms with Gasteiger partial charge < -0.3 is 9.47 Å². The number of rotatable bonds is 4. The van der Waals surface area contributed by atoms with Gasteiger partial charge in [-0.05, 0) is 31.5 Å². The zero-order valence-corrected chi connectivity index (χ0v) is 13.8. The van der Waals surface area contributed by atoms with E-state index in [1.807, 2.05) is 0 Å². The quantitative estimate of drug-likeness (QED) is 0.831. The Balaban J connectivity index is 1.89. The maximum absolute atomic E-state index is 12.9. The molecule has 0 spiro atoms. The Kier molecular flexibility index (Phi) is 4.29. The van der Waals surface area contributed by atoms with E-state index in [2.05, 4.69) is 4.90 Å². The fourth-order valence-corrected chi connectivity index (χ4v) is 4.91. The third kappa shape index (κ3) is 2.68. The van der Waals surface area contributed by atoms with Gasteiger partial charge in [-0.25, -0.2) is 8.42 Å². The lowest BCUT2D eigenvalue weighted by Gasteiger charge is -2.36. The number of hydrogen-bond acceptors (Lipinski definition) is 5. The Morgan fingerprint density at radius 3 is 2.68 bits per heavy atom. The van der Waals surface area contributed by atoms with Gasteiger partial charge in [0.2, 0.25) is 10.0 Å². The second-order valence-corrected chi connectivity index (χ2v) is 7.62. The summed E-state index contributed by atoms with van der Waals surface area (Å²) in [7, 11) is -0.524. The maximum Gasteiger partial charge on any atom is 0.246 e. The number of hydrogen-bond donors (Lipinski definition) is 0. The summed E-state index contributed by atoms with van der Waals surface area (Å²) in [5.41, 5.74) is 0. The van der Waals surface area contributed by atoms with E-state index in [-0.39, 0.29) is 4.90 Å². The molecule has 2 aliphatic heterocycles. The Bertz CT molecular complexity index is 647. The molecule has 0 radical (unpaired) electrons. The minimum Gasteiger partial charge on any atom is -0.497 e. The minimum atomic E-state index is -3.54. The highest BCUT2D eigenvalue weighted by molar-refractivity contribution is 7.89. The van der Waals surface area contributed by atoms with Gasteiger partial charge in [0.05, 0.1) is 14.2 Å². The molecule has 6 nitrogen and oxygen atoms in total. The van der Waals surface area contributed by atoms with E-state index in [0.29, 0.717) is 30.6 Å². The highest BCUT2D eigenvalue weighted by Crippen LogP contribution is 2.32. The predicted molar refractivity (Wildman–Crippen MR) is 82.9 cm³/mol. The predicted octanol–water partition coefficient (Wildman–Crippen LogP) is 1.17. The van der Waals surface area contributed by atoms with E-state index < -0.39 is 10.0 Å². The molecule has 0 amide bonds. The summed E-state index contributed by atoms with van der Waals surface area (Å²) in [4.78, 5) is 2.60. The summed E-state index contributed by atoms with van der Waals surface area (Å²) < 4.78 is 37.9. The SMILES string of the molecule is COc1ccc(S(=O)(=O)N2CCN3CCCC3C2)c(OC)c1. The first kappa shape index (κ1) is 15.6. The second kappa shape index (κ2) is 6.06. The molecule has 1 aromatic carbocycles. The number of benzene rings is 1. The monoisotopic (exact) mass is 326 g/mol. The van der Waals surface area contributed by atoms with Crippen LogP contribution in [0.1, 0.15) is 12.8 Å². The molecule has 2 fully saturated rings. The first-order chi connectivity index (χ1) is 10.6. The lowest BCUT2D eigenvalue weighted by molar-refractivity contribution is 0.158. The van der Waals surface area contributed by atoms with Crippen molar-refractivity contribution >= 4 is 10.0 Å². The summed E-state index contributed by atoms with van der Waals surface area (Å²) >= 11 is 0. The fraction of sp³-hybridized carbons (Fsp3) is 0.600. The molecule has 0 N–H and O–H groups in total. The van der Waals surface area contributed by atoms with Gasteiger partial charge in [-0.1, -0.05) is 0 Å². The Hall–Kier alpha value is -1.31. The molecule has 2 aliphatic rings. The maximum atomic E-state index is 12.9. The summed E-state index contributed by atoms with van der Waals surface area (Å²) in [6.07, 6.45) is 2.23. The van der Waals surface area contributed by atoms with Crippen molar-refractivity contribution in [2.45, 2.75) is 23.8 Å². The van der Waals surface area contributed by atoms with Crippen LogP contribution in [0.5, 0.6) is 11.5 Å². The van der Waals surface area contributed by atoms with Gasteiger partial charge in [-0.3, -0.25) is 4.90 Å². The Labute approximate surface area is 131 Å². The summed E-state index contributed by atoms with van der Waals surface area (Å²) in [5.74, 6) is 0.907. The Morgan fingerprint density at radius 2 is 1.95 bits per heavy atom. The summed E-state index contributed by atoms with van der Waals surface area (Å²) in [6.45, 7) is 3.00. The molecule has 1 aromatic rings. The lowest BCUT2D eigenvalue weighted by atomic mass is 10.2. The topological polar surface area (TPSA) is 59.1 Å². The number of nitrogens with zero attached hydrogens (tertiary/aromatic N) is 2. The van der Waals surface area contributed by atoms with Crippen LogP contribution in [-0.2, 0) is 10.0 Å². The van der Waals surface area contributed by atoms with E-state index in [9.17, 15) is 8.42 Å². The van der Waals surface area contributed by atoms with Crippen molar-refractivity contribution in [2.24, 2.45) is 0 Å². The van der Waals surface area contributed by atoms with Crippen molar-refractivity contribution in [3.8, 4) is 11.5 Å². The molecule has 2 saturated heterocycles. The number of piperazine rings is 1. The van der Waals surface area contributed by atoms with Crippen LogP contribution in [0.3, 0.4) is 0 Å². The van der Waals surface area contributed by atoms with Crippen molar-refractivity contribution < 1.29 is 17.9 Å². The standard InChI is InChI=1S/C15H22N2O4S/c1-20-13-5-6-15(14(10-13)21-2)22(18,19)17-9-8-16-7-3-4-12(16)11-17/h5-6,10,12H,3-4,7-9,11H2,1-2H3. The highest BCUT2D eigenvalue weighted by Gasteiger charge is 2.37. The van der Waals surface area contributed by atoms with E-state index in [4.69, 9.17) is 9.47 Å². The summed E-state index contributed by atoms with van der Waals surface area (Å²) in [6, 6.07) is 5.18. The van der Waals surface area contributed by atoms with Gasteiger partial charge in [0.25, 0.3) is 0 Å². The van der Waals surface area contributed by atoms with Crippen molar-refractivity contribution in [3.05, 3.63) is 18.2 Å². The highest BCUT2D eigenvalue weighted by atomic mass is 32.2. The molecule has 22 heavy (non-hydrogen) atoms. The van der Waals surface area contributed by atoms with Crippen LogP contribution in [0.2, 0.25) is 0 Å². The Morgan fingerprint density at radius 1 is 1.14 bits per heavy atom. The molecule has 1 unspecified atom stereocenters. The molecular formula is C15H22N2O4S. The van der Waals surface area contributed by atoms with Gasteiger partial charge >= 0.3 is 0 Å². The van der Waals surface area contributed by atoms with E-state index in [1.54, 1.807) is 29.6 Å². The molecule has 0 saturated carbocycles. The van der Waals surface area contributed by atoms with E-state index >= 15 is 0 Å². The molecule has 3 rings (SSSR count). The van der Waals surface area contributed by atoms with Crippen molar-refractivity contribution in [3.63, 3.8) is 0 Å². The first-order valence-electron chi connectivity index (χ1n) is 7.52. The third-order valence-corrected chi connectivity index (χ3v) is 6.44. The third-order valence-electron chi connectivity index (χ3n) is 4.54. The largest absolute Gasteiger partial charge is 0.497 e. The van der Waals surface area contributed by atoms with Gasteiger partial charge in [0.15, 0.2) is 0 Å². The molecule has 7 heteroatoms. The van der Waals surface area contributed by atoms with Crippen LogP contribution in [0.25, 0.3) is 0 Å². The normalized spacial score (nSPS) is 23.3. The van der Waals surface area contributed by atoms with E-state index in [1.165, 1.54) is 7.11 Å². The number of ether oxygens (including phenoxy) is 2. The molecule has 2 heterocycles. The molecule has 0 bridgehead atoms. The van der Waals surface area contributed by atoms with Crippen LogP contribution in [0, 0.1) is 0 Å². The second-order valence-electron chi connectivity index (χ2n) is 5.71. The molecular weight excluding hydrogens is 304 g/mol.